The van der Waals surface area contributed by atoms with Gasteiger partial charge < -0.3 is 9.84 Å². The number of hydrogen-bond acceptors (Lipinski definition) is 5. The SMILES string of the molecule is CNCc1noc(-c2cscc2Br)n1. The van der Waals surface area contributed by atoms with Crippen molar-refractivity contribution >= 4 is 27.3 Å². The molecule has 6 heteroatoms. The van der Waals surface area contributed by atoms with Crippen LogP contribution in [0.1, 0.15) is 5.82 Å². The van der Waals surface area contributed by atoms with Gasteiger partial charge >= 0.3 is 0 Å². The normalized spacial score (nSPS) is 10.7. The van der Waals surface area contributed by atoms with Crippen LogP contribution in [0.3, 0.4) is 0 Å². The van der Waals surface area contributed by atoms with E-state index in [-0.39, 0.29) is 0 Å². The van der Waals surface area contributed by atoms with E-state index in [1.54, 1.807) is 11.3 Å². The summed E-state index contributed by atoms with van der Waals surface area (Å²) in [5, 5.41) is 10.8. The van der Waals surface area contributed by atoms with Gasteiger partial charge in [-0.15, -0.1) is 0 Å². The van der Waals surface area contributed by atoms with Crippen LogP contribution in [0.25, 0.3) is 11.5 Å². The van der Waals surface area contributed by atoms with E-state index < -0.39 is 0 Å². The fourth-order valence-electron chi connectivity index (χ4n) is 1.03. The monoisotopic (exact) mass is 273 g/mol. The summed E-state index contributed by atoms with van der Waals surface area (Å²) in [5.74, 6) is 1.23. The molecule has 0 amide bonds. The van der Waals surface area contributed by atoms with E-state index in [1.165, 1.54) is 0 Å². The van der Waals surface area contributed by atoms with Crippen LogP contribution >= 0.6 is 27.3 Å². The first-order valence-electron chi connectivity index (χ1n) is 4.00. The highest BCUT2D eigenvalue weighted by Gasteiger charge is 2.11. The first kappa shape index (κ1) is 9.82. The Hall–Kier alpha value is -0.720. The molecule has 2 aromatic heterocycles. The molecule has 0 bridgehead atoms. The predicted molar refractivity (Wildman–Crippen MR) is 58.1 cm³/mol. The third-order valence-electron chi connectivity index (χ3n) is 1.65. The van der Waals surface area contributed by atoms with Crippen LogP contribution < -0.4 is 5.32 Å². The summed E-state index contributed by atoms with van der Waals surface area (Å²) in [5.41, 5.74) is 0.949. The predicted octanol–water partition coefficient (Wildman–Crippen LogP) is 2.28. The van der Waals surface area contributed by atoms with Crippen LogP contribution in [0.15, 0.2) is 19.8 Å². The molecule has 2 aromatic rings. The topological polar surface area (TPSA) is 51.0 Å². The van der Waals surface area contributed by atoms with Gasteiger partial charge in [0.2, 0.25) is 0 Å². The van der Waals surface area contributed by atoms with Gasteiger partial charge in [0, 0.05) is 15.2 Å². The van der Waals surface area contributed by atoms with Crippen molar-refractivity contribution in [2.45, 2.75) is 6.54 Å². The summed E-state index contributed by atoms with van der Waals surface area (Å²) >= 11 is 5.01. The Bertz CT molecular complexity index is 426. The smallest absolute Gasteiger partial charge is 0.259 e. The van der Waals surface area contributed by atoms with Gasteiger partial charge in [-0.2, -0.15) is 16.3 Å². The quantitative estimate of drug-likeness (QED) is 0.932. The highest BCUT2D eigenvalue weighted by molar-refractivity contribution is 9.10. The average Bonchev–Trinajstić information content (AvgIpc) is 2.74. The Kier molecular flexibility index (Phi) is 2.95. The molecule has 0 atom stereocenters. The van der Waals surface area contributed by atoms with E-state index in [0.717, 1.165) is 10.0 Å². The van der Waals surface area contributed by atoms with Crippen molar-refractivity contribution in [3.63, 3.8) is 0 Å². The molecular weight excluding hydrogens is 266 g/mol. The minimum absolute atomic E-state index is 0.559. The molecule has 0 aromatic carbocycles. The Morgan fingerprint density at radius 3 is 3.07 bits per heavy atom. The lowest BCUT2D eigenvalue weighted by Crippen LogP contribution is -2.06. The van der Waals surface area contributed by atoms with E-state index in [2.05, 4.69) is 31.4 Å². The Morgan fingerprint density at radius 2 is 2.43 bits per heavy atom. The van der Waals surface area contributed by atoms with Gasteiger partial charge in [-0.05, 0) is 23.0 Å². The molecule has 0 fully saturated rings. The molecule has 0 aliphatic rings. The van der Waals surface area contributed by atoms with E-state index in [0.29, 0.717) is 18.3 Å². The van der Waals surface area contributed by atoms with Crippen LogP contribution in [-0.2, 0) is 6.54 Å². The summed E-state index contributed by atoms with van der Waals surface area (Å²) in [6.45, 7) is 0.616. The van der Waals surface area contributed by atoms with Crippen molar-refractivity contribution in [1.82, 2.24) is 15.5 Å². The summed E-state index contributed by atoms with van der Waals surface area (Å²) in [6.07, 6.45) is 0. The lowest BCUT2D eigenvalue weighted by Gasteiger charge is -1.88. The minimum Gasteiger partial charge on any atom is -0.334 e. The lowest BCUT2D eigenvalue weighted by atomic mass is 10.3. The number of thiophene rings is 1. The minimum atomic E-state index is 0.559. The molecular formula is C8H8BrN3OS. The van der Waals surface area contributed by atoms with Gasteiger partial charge in [0.05, 0.1) is 12.1 Å². The number of rotatable bonds is 3. The van der Waals surface area contributed by atoms with Gasteiger partial charge in [0.25, 0.3) is 5.89 Å². The molecule has 14 heavy (non-hydrogen) atoms. The van der Waals surface area contributed by atoms with Crippen LogP contribution in [0, 0.1) is 0 Å². The zero-order chi connectivity index (χ0) is 9.97. The zero-order valence-corrected chi connectivity index (χ0v) is 9.85. The van der Waals surface area contributed by atoms with E-state index in [1.807, 2.05) is 17.8 Å². The number of halogens is 1. The van der Waals surface area contributed by atoms with E-state index >= 15 is 0 Å². The standard InChI is InChI=1S/C8H8BrN3OS/c1-10-2-7-11-8(13-12-7)5-3-14-4-6(5)9/h3-4,10H,2H2,1H3. The molecule has 0 aliphatic carbocycles. The molecule has 0 saturated carbocycles. The van der Waals surface area contributed by atoms with Gasteiger partial charge in [-0.1, -0.05) is 5.16 Å². The molecule has 0 spiro atoms. The molecule has 74 valence electrons. The highest BCUT2D eigenvalue weighted by atomic mass is 79.9. The van der Waals surface area contributed by atoms with Crippen molar-refractivity contribution in [1.29, 1.82) is 0 Å². The van der Waals surface area contributed by atoms with Crippen molar-refractivity contribution in [3.8, 4) is 11.5 Å². The molecule has 0 saturated heterocycles. The van der Waals surface area contributed by atoms with Crippen molar-refractivity contribution in [2.24, 2.45) is 0 Å². The van der Waals surface area contributed by atoms with Crippen molar-refractivity contribution < 1.29 is 4.52 Å². The van der Waals surface area contributed by atoms with Gasteiger partial charge in [0.1, 0.15) is 0 Å². The summed E-state index contributed by atoms with van der Waals surface area (Å²) in [7, 11) is 1.84. The highest BCUT2D eigenvalue weighted by Crippen LogP contribution is 2.30. The fourth-order valence-corrected chi connectivity index (χ4v) is 2.47. The number of hydrogen-bond donors (Lipinski definition) is 1. The number of nitrogens with one attached hydrogen (secondary N) is 1. The maximum absolute atomic E-state index is 5.12. The first-order valence-corrected chi connectivity index (χ1v) is 5.74. The fraction of sp³-hybridized carbons (Fsp3) is 0.250. The second-order valence-electron chi connectivity index (χ2n) is 2.68. The van der Waals surface area contributed by atoms with Gasteiger partial charge in [0.15, 0.2) is 5.82 Å². The second-order valence-corrected chi connectivity index (χ2v) is 4.28. The average molecular weight is 274 g/mol. The molecule has 0 unspecified atom stereocenters. The molecule has 0 aliphatic heterocycles. The van der Waals surface area contributed by atoms with Crippen LogP contribution in [0.2, 0.25) is 0 Å². The summed E-state index contributed by atoms with van der Waals surface area (Å²) in [4.78, 5) is 4.24. The molecule has 4 nitrogen and oxygen atoms in total. The van der Waals surface area contributed by atoms with Crippen LogP contribution in [0.5, 0.6) is 0 Å². The van der Waals surface area contributed by atoms with Gasteiger partial charge in [-0.25, -0.2) is 0 Å². The molecule has 2 rings (SSSR count). The number of aromatic nitrogens is 2. The second kappa shape index (κ2) is 4.20. The number of nitrogens with zero attached hydrogens (tertiary/aromatic N) is 2. The van der Waals surface area contributed by atoms with Crippen molar-refractivity contribution in [2.75, 3.05) is 7.05 Å². The van der Waals surface area contributed by atoms with Gasteiger partial charge in [-0.3, -0.25) is 0 Å². The third-order valence-corrected chi connectivity index (χ3v) is 3.35. The Morgan fingerprint density at radius 1 is 1.57 bits per heavy atom. The van der Waals surface area contributed by atoms with Crippen molar-refractivity contribution in [3.05, 3.63) is 21.1 Å². The maximum Gasteiger partial charge on any atom is 0.259 e. The summed E-state index contributed by atoms with van der Waals surface area (Å²) < 4.78 is 6.11. The van der Waals surface area contributed by atoms with E-state index in [9.17, 15) is 0 Å². The summed E-state index contributed by atoms with van der Waals surface area (Å²) in [6, 6.07) is 0. The third kappa shape index (κ3) is 1.87. The first-order chi connectivity index (χ1) is 6.81. The zero-order valence-electron chi connectivity index (χ0n) is 7.45. The van der Waals surface area contributed by atoms with Crippen LogP contribution in [0.4, 0.5) is 0 Å². The Balaban J connectivity index is 2.29. The van der Waals surface area contributed by atoms with E-state index in [4.69, 9.17) is 4.52 Å². The molecule has 1 N–H and O–H groups in total. The largest absolute Gasteiger partial charge is 0.334 e. The Labute approximate surface area is 93.5 Å². The molecule has 0 radical (unpaired) electrons. The maximum atomic E-state index is 5.12. The lowest BCUT2D eigenvalue weighted by molar-refractivity contribution is 0.420. The van der Waals surface area contributed by atoms with Crippen LogP contribution in [-0.4, -0.2) is 17.2 Å². The molecule has 2 heterocycles.